The number of β-amino-alcohol motifs (C(OH)–C–C–N with tert-alkyl or cyclic N) is 2. The number of carboxylic acids is 2. The van der Waals surface area contributed by atoms with Crippen LogP contribution in [-0.2, 0) is 22.7 Å². The Labute approximate surface area is 322 Å². The summed E-state index contributed by atoms with van der Waals surface area (Å²) in [6.07, 6.45) is 1.68. The first-order chi connectivity index (χ1) is 26.8. The molecule has 2 aliphatic rings. The van der Waals surface area contributed by atoms with Crippen LogP contribution in [0, 0.1) is 13.8 Å². The standard InChI is InChI=1S/C40H44N6O10/c1-21-27(7-5-9-29(21)43-37(49)31-13-35(55-3)23(15-41-31)17-45-19-25(47)11-33(45)39(51)52)28-8-6-10-30(22(28)2)44-38(50)32-14-36(56-4)24(16-42-32)18-46-20-26(48)12-34(46)40(53)54/h5-10,13-16,25-26,33-34,47-48H,11-12,17-20H2,1-4H3,(H,43,49)(H,44,50)(H,51,52)(H,53,54)/t25-,26-,33+,34?/m1/s1. The van der Waals surface area contributed by atoms with E-state index >= 15 is 0 Å². The van der Waals surface area contributed by atoms with Crippen LogP contribution in [-0.4, -0.2) is 116 Å². The quantitative estimate of drug-likeness (QED) is 0.115. The van der Waals surface area contributed by atoms with E-state index in [-0.39, 0.29) is 50.4 Å². The summed E-state index contributed by atoms with van der Waals surface area (Å²) in [4.78, 5) is 62.3. The van der Waals surface area contributed by atoms with Crippen LogP contribution in [0.4, 0.5) is 11.4 Å². The van der Waals surface area contributed by atoms with Crippen LogP contribution in [0.1, 0.15) is 56.1 Å². The summed E-state index contributed by atoms with van der Waals surface area (Å²) < 4.78 is 11.1. The molecule has 4 atom stereocenters. The summed E-state index contributed by atoms with van der Waals surface area (Å²) in [7, 11) is 2.90. The van der Waals surface area contributed by atoms with Crippen LogP contribution in [0.3, 0.4) is 0 Å². The maximum atomic E-state index is 13.5. The Bertz CT molecular complexity index is 2010. The van der Waals surface area contributed by atoms with Gasteiger partial charge in [0.15, 0.2) is 0 Å². The average molecular weight is 769 g/mol. The number of carbonyl (C=O) groups is 4. The van der Waals surface area contributed by atoms with Gasteiger partial charge in [0.2, 0.25) is 0 Å². The Morgan fingerprint density at radius 2 is 1.09 bits per heavy atom. The number of carboxylic acid groups (broad SMARTS) is 2. The number of aliphatic hydroxyl groups excluding tert-OH is 2. The molecule has 6 N–H and O–H groups in total. The number of aliphatic hydroxyl groups is 2. The summed E-state index contributed by atoms with van der Waals surface area (Å²) >= 11 is 0. The van der Waals surface area contributed by atoms with Crippen molar-refractivity contribution in [1.82, 2.24) is 19.8 Å². The van der Waals surface area contributed by atoms with E-state index in [0.717, 1.165) is 22.3 Å². The van der Waals surface area contributed by atoms with Gasteiger partial charge < -0.3 is 40.5 Å². The lowest BCUT2D eigenvalue weighted by molar-refractivity contribution is -0.143. The first-order valence-electron chi connectivity index (χ1n) is 18.0. The molecule has 4 heterocycles. The van der Waals surface area contributed by atoms with Crippen molar-refractivity contribution in [2.24, 2.45) is 0 Å². The van der Waals surface area contributed by atoms with E-state index in [0.29, 0.717) is 34.0 Å². The molecule has 2 aromatic carbocycles. The molecule has 6 rings (SSSR count). The third kappa shape index (κ3) is 8.48. The number of aromatic nitrogens is 2. The number of nitrogens with one attached hydrogen (secondary N) is 2. The highest BCUT2D eigenvalue weighted by Gasteiger charge is 2.37. The third-order valence-corrected chi connectivity index (χ3v) is 10.3. The van der Waals surface area contributed by atoms with E-state index < -0.39 is 48.0 Å². The fraction of sp³-hybridized carbons (Fsp3) is 0.350. The number of hydrogen-bond donors (Lipinski definition) is 6. The minimum Gasteiger partial charge on any atom is -0.496 e. The first-order valence-corrected chi connectivity index (χ1v) is 18.0. The number of hydrogen-bond acceptors (Lipinski definition) is 12. The number of methoxy groups -OCH3 is 2. The number of anilines is 2. The summed E-state index contributed by atoms with van der Waals surface area (Å²) in [5.74, 6) is -2.30. The third-order valence-electron chi connectivity index (χ3n) is 10.3. The zero-order chi connectivity index (χ0) is 40.3. The van der Waals surface area contributed by atoms with Gasteiger partial charge >= 0.3 is 11.9 Å². The zero-order valence-electron chi connectivity index (χ0n) is 31.4. The lowest BCUT2D eigenvalue weighted by Crippen LogP contribution is -2.35. The molecule has 4 aromatic rings. The highest BCUT2D eigenvalue weighted by atomic mass is 16.5. The van der Waals surface area contributed by atoms with Crippen molar-refractivity contribution in [3.05, 3.63) is 94.6 Å². The van der Waals surface area contributed by atoms with Crippen LogP contribution in [0.5, 0.6) is 11.5 Å². The van der Waals surface area contributed by atoms with E-state index in [9.17, 15) is 39.6 Å². The van der Waals surface area contributed by atoms with E-state index in [1.807, 2.05) is 38.1 Å². The molecule has 2 fully saturated rings. The van der Waals surface area contributed by atoms with Crippen molar-refractivity contribution in [3.63, 3.8) is 0 Å². The van der Waals surface area contributed by atoms with Crippen LogP contribution in [0.25, 0.3) is 11.1 Å². The van der Waals surface area contributed by atoms with E-state index in [1.165, 1.54) is 38.7 Å². The molecule has 16 nitrogen and oxygen atoms in total. The normalized spacial score (nSPS) is 19.8. The number of rotatable bonds is 13. The number of pyridine rings is 2. The molecular weight excluding hydrogens is 724 g/mol. The topological polar surface area (TPSA) is 224 Å². The molecule has 2 aromatic heterocycles. The Hall–Kier alpha value is -5.94. The minimum atomic E-state index is -1.02. The highest BCUT2D eigenvalue weighted by molar-refractivity contribution is 6.05. The van der Waals surface area contributed by atoms with Crippen molar-refractivity contribution < 1.29 is 49.1 Å². The average Bonchev–Trinajstić information content (AvgIpc) is 3.74. The molecule has 2 saturated heterocycles. The molecule has 2 aliphatic heterocycles. The largest absolute Gasteiger partial charge is 0.496 e. The number of carbonyl (C=O) groups excluding carboxylic acids is 2. The number of aliphatic carboxylic acids is 2. The minimum absolute atomic E-state index is 0.0881. The van der Waals surface area contributed by atoms with Crippen LogP contribution in [0.2, 0.25) is 0 Å². The van der Waals surface area contributed by atoms with Crippen molar-refractivity contribution >= 4 is 35.1 Å². The zero-order valence-corrected chi connectivity index (χ0v) is 31.4. The second-order valence-electron chi connectivity index (χ2n) is 14.0. The maximum absolute atomic E-state index is 13.5. The lowest BCUT2D eigenvalue weighted by atomic mass is 9.94. The number of amides is 2. The smallest absolute Gasteiger partial charge is 0.321 e. The number of nitrogens with zero attached hydrogens (tertiary/aromatic N) is 4. The molecular formula is C40H44N6O10. The van der Waals surface area contributed by atoms with Crippen LogP contribution >= 0.6 is 0 Å². The summed E-state index contributed by atoms with van der Waals surface area (Å²) in [5, 5.41) is 45.1. The van der Waals surface area contributed by atoms with Gasteiger partial charge in [-0.15, -0.1) is 0 Å². The van der Waals surface area contributed by atoms with Gasteiger partial charge in [-0.25, -0.2) is 0 Å². The first kappa shape index (κ1) is 39.7. The van der Waals surface area contributed by atoms with Gasteiger partial charge in [-0.3, -0.25) is 38.9 Å². The van der Waals surface area contributed by atoms with Gasteiger partial charge in [0, 0.05) is 86.0 Å². The molecule has 0 spiro atoms. The molecule has 1 unspecified atom stereocenters. The van der Waals surface area contributed by atoms with Crippen molar-refractivity contribution in [2.45, 2.75) is 64.1 Å². The fourth-order valence-corrected chi connectivity index (χ4v) is 7.35. The van der Waals surface area contributed by atoms with Gasteiger partial charge in [0.25, 0.3) is 11.8 Å². The molecule has 0 bridgehead atoms. The van der Waals surface area contributed by atoms with E-state index in [4.69, 9.17) is 9.47 Å². The predicted octanol–water partition coefficient (Wildman–Crippen LogP) is 3.32. The summed E-state index contributed by atoms with van der Waals surface area (Å²) in [5.41, 5.74) is 5.56. The van der Waals surface area contributed by atoms with Gasteiger partial charge in [0.05, 0.1) is 26.4 Å². The predicted molar refractivity (Wildman–Crippen MR) is 204 cm³/mol. The fourth-order valence-electron chi connectivity index (χ4n) is 7.35. The van der Waals surface area contributed by atoms with E-state index in [1.54, 1.807) is 21.9 Å². The monoisotopic (exact) mass is 768 g/mol. The number of ether oxygens (including phenoxy) is 2. The molecule has 56 heavy (non-hydrogen) atoms. The number of likely N-dealkylation sites (tertiary alicyclic amines) is 2. The molecule has 0 aliphatic carbocycles. The van der Waals surface area contributed by atoms with Gasteiger partial charge in [0.1, 0.15) is 35.0 Å². The Kier molecular flexibility index (Phi) is 11.9. The molecule has 0 radical (unpaired) electrons. The molecule has 16 heteroatoms. The summed E-state index contributed by atoms with van der Waals surface area (Å²) in [6, 6.07) is 12.3. The second-order valence-corrected chi connectivity index (χ2v) is 14.0. The van der Waals surface area contributed by atoms with Crippen molar-refractivity contribution in [2.75, 3.05) is 37.9 Å². The molecule has 294 valence electrons. The number of benzene rings is 2. The Balaban J connectivity index is 1.16. The lowest BCUT2D eigenvalue weighted by Gasteiger charge is -2.22. The summed E-state index contributed by atoms with van der Waals surface area (Å²) in [6.45, 7) is 4.47. The Morgan fingerprint density at radius 1 is 0.696 bits per heavy atom. The van der Waals surface area contributed by atoms with Gasteiger partial charge in [-0.1, -0.05) is 24.3 Å². The second kappa shape index (κ2) is 16.8. The van der Waals surface area contributed by atoms with Crippen LogP contribution in [0.15, 0.2) is 60.9 Å². The van der Waals surface area contributed by atoms with Gasteiger partial charge in [-0.2, -0.15) is 0 Å². The Morgan fingerprint density at radius 3 is 1.45 bits per heavy atom. The molecule has 2 amide bonds. The SMILES string of the molecule is COc1cc(C(=O)Nc2cccc(-c3cccc(NC(=O)c4cc(OC)c(CN5C[C@H](O)C[C@H]5C(=O)O)cn4)c3C)c2C)ncc1CN1C[C@H](O)CC1C(=O)O. The molecule has 0 saturated carbocycles. The van der Waals surface area contributed by atoms with Crippen molar-refractivity contribution in [1.29, 1.82) is 0 Å². The van der Waals surface area contributed by atoms with E-state index in [2.05, 4.69) is 20.6 Å². The van der Waals surface area contributed by atoms with Crippen molar-refractivity contribution in [3.8, 4) is 22.6 Å². The maximum Gasteiger partial charge on any atom is 0.321 e. The highest BCUT2D eigenvalue weighted by Crippen LogP contribution is 2.35. The van der Waals surface area contributed by atoms with Crippen LogP contribution < -0.4 is 20.1 Å². The van der Waals surface area contributed by atoms with Gasteiger partial charge in [-0.05, 0) is 48.2 Å².